The summed E-state index contributed by atoms with van der Waals surface area (Å²) < 4.78 is 56.5. The van der Waals surface area contributed by atoms with Crippen LogP contribution < -0.4 is 10.6 Å². The monoisotopic (exact) mass is 488 g/mol. The van der Waals surface area contributed by atoms with Gasteiger partial charge in [-0.25, -0.2) is 21.7 Å². The zero-order valence-corrected chi connectivity index (χ0v) is 19.1. The molecule has 1 unspecified atom stereocenters. The first-order valence-corrected chi connectivity index (χ1v) is 12.0. The first-order chi connectivity index (χ1) is 16.1. The predicted octanol–water partition coefficient (Wildman–Crippen LogP) is 2.59. The van der Waals surface area contributed by atoms with Gasteiger partial charge in [0, 0.05) is 44.0 Å². The van der Waals surface area contributed by atoms with Gasteiger partial charge < -0.3 is 10.6 Å². The van der Waals surface area contributed by atoms with E-state index in [1.165, 1.54) is 23.8 Å². The van der Waals surface area contributed by atoms with Crippen LogP contribution in [0.5, 0.6) is 0 Å². The Labute approximate surface area is 195 Å². The van der Waals surface area contributed by atoms with Crippen molar-refractivity contribution in [2.45, 2.75) is 30.3 Å². The molecule has 1 aromatic carbocycles. The first kappa shape index (κ1) is 23.6. The Morgan fingerprint density at radius 1 is 1.32 bits per heavy atom. The highest BCUT2D eigenvalue weighted by Crippen LogP contribution is 2.38. The molecule has 1 atom stereocenters. The number of benzene rings is 1. The number of sulfonamides is 1. The van der Waals surface area contributed by atoms with E-state index in [-0.39, 0.29) is 29.6 Å². The lowest BCUT2D eigenvalue weighted by Gasteiger charge is -2.27. The van der Waals surface area contributed by atoms with E-state index in [1.807, 2.05) is 11.0 Å². The highest BCUT2D eigenvalue weighted by atomic mass is 32.2. The van der Waals surface area contributed by atoms with Gasteiger partial charge in [-0.2, -0.15) is 14.7 Å². The molecule has 1 aliphatic heterocycles. The molecule has 3 heterocycles. The van der Waals surface area contributed by atoms with Crippen LogP contribution in [0, 0.1) is 23.0 Å². The lowest BCUT2D eigenvalue weighted by atomic mass is 10.0. The Hall–Kier alpha value is -3.56. The summed E-state index contributed by atoms with van der Waals surface area (Å²) in [5, 5.41) is 12.3. The lowest BCUT2D eigenvalue weighted by Crippen LogP contribution is -2.30. The van der Waals surface area contributed by atoms with Gasteiger partial charge in [0.1, 0.15) is 17.2 Å². The minimum absolute atomic E-state index is 0.0356. The van der Waals surface area contributed by atoms with Crippen LogP contribution in [0.2, 0.25) is 0 Å². The molecule has 1 saturated heterocycles. The third kappa shape index (κ3) is 4.08. The smallest absolute Gasteiger partial charge is 0.263 e. The maximum absolute atomic E-state index is 14.5. The largest absolute Gasteiger partial charge is 0.365 e. The number of carbonyl (C=O) groups excluding carboxylic acids is 1. The van der Waals surface area contributed by atoms with Crippen LogP contribution in [0.1, 0.15) is 41.2 Å². The number of anilines is 1. The Morgan fingerprint density at radius 3 is 2.79 bits per heavy atom. The van der Waals surface area contributed by atoms with E-state index in [4.69, 9.17) is 11.0 Å². The number of hydrogen-bond acceptors (Lipinski definition) is 6. The Kier molecular flexibility index (Phi) is 6.24. The van der Waals surface area contributed by atoms with Crippen LogP contribution in [-0.2, 0) is 10.0 Å². The van der Waals surface area contributed by atoms with Gasteiger partial charge in [0.15, 0.2) is 0 Å². The summed E-state index contributed by atoms with van der Waals surface area (Å²) in [6.45, 7) is 0.476. The van der Waals surface area contributed by atoms with Gasteiger partial charge in [0.05, 0.1) is 17.6 Å². The van der Waals surface area contributed by atoms with Gasteiger partial charge in [-0.1, -0.05) is 0 Å². The molecule has 2 aromatic heterocycles. The molecule has 178 valence electrons. The molecule has 34 heavy (non-hydrogen) atoms. The quantitative estimate of drug-likeness (QED) is 0.545. The zero-order valence-electron chi connectivity index (χ0n) is 18.3. The third-order valence-corrected chi connectivity index (χ3v) is 7.71. The molecule has 12 heteroatoms. The normalized spacial score (nSPS) is 16.3. The number of nitriles is 1. The van der Waals surface area contributed by atoms with Crippen LogP contribution in [-0.4, -0.2) is 48.4 Å². The minimum Gasteiger partial charge on any atom is -0.365 e. The molecule has 0 aliphatic carbocycles. The molecule has 2 N–H and O–H groups in total. The molecule has 1 fully saturated rings. The number of fused-ring (bicyclic) bond motifs is 1. The average molecular weight is 489 g/mol. The zero-order chi connectivity index (χ0) is 24.6. The third-order valence-electron chi connectivity index (χ3n) is 5.93. The van der Waals surface area contributed by atoms with E-state index in [1.54, 1.807) is 12.1 Å². The van der Waals surface area contributed by atoms with Gasteiger partial charge in [0.25, 0.3) is 15.9 Å². The molecule has 0 radical (unpaired) electrons. The summed E-state index contributed by atoms with van der Waals surface area (Å²) in [6.07, 6.45) is 2.78. The van der Waals surface area contributed by atoms with Crippen molar-refractivity contribution in [3.05, 3.63) is 59.3 Å². The number of aromatic nitrogens is 2. The predicted molar refractivity (Wildman–Crippen MR) is 119 cm³/mol. The van der Waals surface area contributed by atoms with Crippen molar-refractivity contribution in [3.8, 4) is 6.07 Å². The average Bonchev–Trinajstić information content (AvgIpc) is 3.43. The number of primary amides is 1. The van der Waals surface area contributed by atoms with Crippen LogP contribution in [0.25, 0.3) is 5.52 Å². The van der Waals surface area contributed by atoms with E-state index in [0.717, 1.165) is 22.9 Å². The topological polar surface area (TPSA) is 125 Å². The fourth-order valence-electron chi connectivity index (χ4n) is 4.25. The van der Waals surface area contributed by atoms with Gasteiger partial charge in [-0.05, 0) is 43.2 Å². The second-order valence-corrected chi connectivity index (χ2v) is 9.97. The fourth-order valence-corrected chi connectivity index (χ4v) is 5.53. The van der Waals surface area contributed by atoms with Crippen molar-refractivity contribution in [2.24, 2.45) is 5.73 Å². The van der Waals surface area contributed by atoms with E-state index >= 15 is 0 Å². The lowest BCUT2D eigenvalue weighted by molar-refractivity contribution is 0.0998. The minimum atomic E-state index is -4.20. The molecular weight excluding hydrogens is 466 g/mol. The Bertz CT molecular complexity index is 1420. The van der Waals surface area contributed by atoms with Crippen LogP contribution in [0.3, 0.4) is 0 Å². The second kappa shape index (κ2) is 9.00. The molecule has 4 rings (SSSR count). The van der Waals surface area contributed by atoms with Gasteiger partial charge >= 0.3 is 0 Å². The molecule has 0 bridgehead atoms. The number of halogens is 2. The van der Waals surface area contributed by atoms with Crippen molar-refractivity contribution in [3.63, 3.8) is 0 Å². The summed E-state index contributed by atoms with van der Waals surface area (Å²) in [5.41, 5.74) is 6.25. The maximum atomic E-state index is 14.5. The summed E-state index contributed by atoms with van der Waals surface area (Å²) in [7, 11) is -2.91. The van der Waals surface area contributed by atoms with Crippen molar-refractivity contribution in [1.82, 2.24) is 13.9 Å². The number of hydrogen-bond donors (Lipinski definition) is 1. The first-order valence-electron chi connectivity index (χ1n) is 10.5. The van der Waals surface area contributed by atoms with E-state index < -0.39 is 38.6 Å². The van der Waals surface area contributed by atoms with Crippen molar-refractivity contribution in [2.75, 3.05) is 25.0 Å². The van der Waals surface area contributed by atoms with Gasteiger partial charge in [-0.15, -0.1) is 0 Å². The van der Waals surface area contributed by atoms with Gasteiger partial charge in [-0.3, -0.25) is 4.79 Å². The second-order valence-electron chi connectivity index (χ2n) is 8.01. The number of pyridine rings is 1. The van der Waals surface area contributed by atoms with Crippen LogP contribution >= 0.6 is 0 Å². The van der Waals surface area contributed by atoms with Crippen molar-refractivity contribution >= 4 is 27.1 Å². The maximum Gasteiger partial charge on any atom is 0.263 e. The molecule has 1 aliphatic rings. The molecule has 9 nitrogen and oxygen atoms in total. The number of amides is 1. The van der Waals surface area contributed by atoms with E-state index in [2.05, 4.69) is 5.10 Å². The number of nitrogens with two attached hydrogens (primary N) is 1. The Morgan fingerprint density at radius 2 is 2.09 bits per heavy atom. The molecule has 0 spiro atoms. The van der Waals surface area contributed by atoms with Crippen LogP contribution in [0.15, 0.2) is 41.6 Å². The van der Waals surface area contributed by atoms with Gasteiger partial charge in [0.2, 0.25) is 5.03 Å². The molecule has 3 aromatic rings. The molecule has 0 saturated carbocycles. The summed E-state index contributed by atoms with van der Waals surface area (Å²) >= 11 is 0. The summed E-state index contributed by atoms with van der Waals surface area (Å²) in [5.74, 6) is -2.04. The molecule has 1 amide bonds. The Balaban J connectivity index is 1.80. The summed E-state index contributed by atoms with van der Waals surface area (Å²) in [4.78, 5) is 14.2. The molecular formula is C22H22F2N6O3S. The standard InChI is InChI=1S/C22H22F2N6O3S/c1-28(9-3-8-25)34(32,33)22-20(21(26)31)19-13-15(7-11-30(19)27-22)29-10-2-4-18(29)16-12-14(23)5-6-17(16)24/h5-7,11-13,18H,2-4,9-10H2,1H3,(H2,26,31). The fraction of sp³-hybridized carbons (Fsp3) is 0.318. The number of carbonyl (C=O) groups is 1. The number of nitrogens with zero attached hydrogens (tertiary/aromatic N) is 5. The van der Waals surface area contributed by atoms with Crippen LogP contribution in [0.4, 0.5) is 14.5 Å². The SMILES string of the molecule is CN(CCC#N)S(=O)(=O)c1nn2ccc(N3CCCC3c3cc(F)ccc3F)cc2c1C(N)=O. The van der Waals surface area contributed by atoms with E-state index in [9.17, 15) is 22.0 Å². The van der Waals surface area contributed by atoms with Crippen molar-refractivity contribution in [1.29, 1.82) is 5.26 Å². The van der Waals surface area contributed by atoms with E-state index in [0.29, 0.717) is 18.7 Å². The highest BCUT2D eigenvalue weighted by Gasteiger charge is 2.33. The summed E-state index contributed by atoms with van der Waals surface area (Å²) in [6, 6.07) is 7.99. The highest BCUT2D eigenvalue weighted by molar-refractivity contribution is 7.89. The number of rotatable bonds is 7. The van der Waals surface area contributed by atoms with Crippen molar-refractivity contribution < 1.29 is 22.0 Å².